The Morgan fingerprint density at radius 2 is 2.33 bits per heavy atom. The molecule has 0 unspecified atom stereocenters. The van der Waals surface area contributed by atoms with Crippen molar-refractivity contribution in [1.82, 2.24) is 10.2 Å². The Morgan fingerprint density at radius 3 is 3.00 bits per heavy atom. The number of hydrogen-bond donors (Lipinski definition) is 3. The van der Waals surface area contributed by atoms with Crippen LogP contribution in [0.1, 0.15) is 10.4 Å². The van der Waals surface area contributed by atoms with Crippen LogP contribution in [0, 0.1) is 0 Å². The minimum Gasteiger partial charge on any atom is -0.478 e. The van der Waals surface area contributed by atoms with Crippen molar-refractivity contribution in [2.24, 2.45) is 0 Å². The number of amides is 1. The molecule has 0 radical (unpaired) electrons. The van der Waals surface area contributed by atoms with Crippen molar-refractivity contribution in [3.63, 3.8) is 0 Å². The van der Waals surface area contributed by atoms with Crippen LogP contribution in [0.4, 0.5) is 5.69 Å². The van der Waals surface area contributed by atoms with Gasteiger partial charge in [0, 0.05) is 11.1 Å². The van der Waals surface area contributed by atoms with E-state index < -0.39 is 5.97 Å². The van der Waals surface area contributed by atoms with Gasteiger partial charge in [-0.1, -0.05) is 0 Å². The van der Waals surface area contributed by atoms with Gasteiger partial charge in [0.2, 0.25) is 6.41 Å². The molecule has 1 aromatic heterocycles. The van der Waals surface area contributed by atoms with Crippen molar-refractivity contribution in [2.45, 2.75) is 0 Å². The van der Waals surface area contributed by atoms with Gasteiger partial charge in [-0.15, -0.1) is 0 Å². The number of hydrogen-bond acceptors (Lipinski definition) is 3. The lowest BCUT2D eigenvalue weighted by atomic mass is 10.1. The van der Waals surface area contributed by atoms with E-state index in [1.807, 2.05) is 0 Å². The largest absolute Gasteiger partial charge is 0.478 e. The highest BCUT2D eigenvalue weighted by molar-refractivity contribution is 6.03. The number of aromatic nitrogens is 2. The number of H-pyrrole nitrogens is 1. The van der Waals surface area contributed by atoms with Gasteiger partial charge in [0.05, 0.1) is 17.3 Å². The molecule has 1 aromatic carbocycles. The second-order valence-corrected chi connectivity index (χ2v) is 2.93. The molecule has 0 spiro atoms. The standard InChI is InChI=1S/C9H7N3O3/c13-4-10-6-1-5-3-11-12-8(5)7(2-6)9(14)15/h1-4H,(H,10,13)(H,11,12)(H,14,15). The average molecular weight is 205 g/mol. The zero-order valence-corrected chi connectivity index (χ0v) is 7.52. The van der Waals surface area contributed by atoms with Crippen molar-refractivity contribution in [3.8, 4) is 0 Å². The minimum absolute atomic E-state index is 0.0781. The lowest BCUT2D eigenvalue weighted by Crippen LogP contribution is -2.01. The number of benzene rings is 1. The Balaban J connectivity index is 2.68. The van der Waals surface area contributed by atoms with E-state index >= 15 is 0 Å². The molecule has 0 aliphatic carbocycles. The van der Waals surface area contributed by atoms with Gasteiger partial charge in [-0.3, -0.25) is 9.89 Å². The predicted molar refractivity (Wildman–Crippen MR) is 52.7 cm³/mol. The average Bonchev–Trinajstić information content (AvgIpc) is 2.64. The number of rotatable bonds is 3. The number of carboxylic acids is 1. The molecule has 0 saturated carbocycles. The predicted octanol–water partition coefficient (Wildman–Crippen LogP) is 0.829. The van der Waals surface area contributed by atoms with Gasteiger partial charge in [-0.2, -0.15) is 5.10 Å². The van der Waals surface area contributed by atoms with Crippen LogP contribution >= 0.6 is 0 Å². The van der Waals surface area contributed by atoms with Crippen LogP contribution in [0.2, 0.25) is 0 Å². The smallest absolute Gasteiger partial charge is 0.337 e. The van der Waals surface area contributed by atoms with Crippen LogP contribution < -0.4 is 5.32 Å². The summed E-state index contributed by atoms with van der Waals surface area (Å²) in [7, 11) is 0. The van der Waals surface area contributed by atoms with Gasteiger partial charge in [0.15, 0.2) is 0 Å². The summed E-state index contributed by atoms with van der Waals surface area (Å²) in [5, 5.41) is 18.3. The molecule has 1 heterocycles. The van der Waals surface area contributed by atoms with Gasteiger partial charge >= 0.3 is 5.97 Å². The van der Waals surface area contributed by atoms with Gasteiger partial charge in [0.25, 0.3) is 0 Å². The van der Waals surface area contributed by atoms with E-state index in [9.17, 15) is 9.59 Å². The number of carbonyl (C=O) groups excluding carboxylic acids is 1. The third-order valence-electron chi connectivity index (χ3n) is 2.00. The normalized spacial score (nSPS) is 10.1. The molecule has 0 bridgehead atoms. The summed E-state index contributed by atoms with van der Waals surface area (Å²) in [5.41, 5.74) is 0.949. The summed E-state index contributed by atoms with van der Waals surface area (Å²) in [5.74, 6) is -1.07. The van der Waals surface area contributed by atoms with Crippen LogP contribution in [0.3, 0.4) is 0 Å². The molecule has 2 rings (SSSR count). The van der Waals surface area contributed by atoms with Crippen LogP contribution in [0.25, 0.3) is 10.9 Å². The number of carbonyl (C=O) groups is 2. The maximum Gasteiger partial charge on any atom is 0.337 e. The summed E-state index contributed by atoms with van der Waals surface area (Å²) >= 11 is 0. The molecule has 0 atom stereocenters. The maximum absolute atomic E-state index is 10.9. The van der Waals surface area contributed by atoms with Gasteiger partial charge in [-0.25, -0.2) is 4.79 Å². The molecule has 76 valence electrons. The Morgan fingerprint density at radius 1 is 1.53 bits per heavy atom. The highest BCUT2D eigenvalue weighted by atomic mass is 16.4. The highest BCUT2D eigenvalue weighted by Crippen LogP contribution is 2.21. The van der Waals surface area contributed by atoms with Gasteiger partial charge in [0.1, 0.15) is 0 Å². The van der Waals surface area contributed by atoms with Crippen molar-refractivity contribution in [2.75, 3.05) is 5.32 Å². The summed E-state index contributed by atoms with van der Waals surface area (Å²) < 4.78 is 0. The van der Waals surface area contributed by atoms with E-state index in [4.69, 9.17) is 5.11 Å². The Hall–Kier alpha value is -2.37. The fourth-order valence-electron chi connectivity index (χ4n) is 1.38. The fraction of sp³-hybridized carbons (Fsp3) is 0. The van der Waals surface area contributed by atoms with Crippen LogP contribution in [0.15, 0.2) is 18.3 Å². The van der Waals surface area contributed by atoms with E-state index in [1.165, 1.54) is 12.3 Å². The van der Waals surface area contributed by atoms with E-state index in [0.29, 0.717) is 23.0 Å². The fourth-order valence-corrected chi connectivity index (χ4v) is 1.38. The first kappa shape index (κ1) is 9.20. The monoisotopic (exact) mass is 205 g/mol. The molecule has 0 aliphatic rings. The summed E-state index contributed by atoms with van der Waals surface area (Å²) in [6, 6.07) is 3.01. The Kier molecular flexibility index (Phi) is 2.09. The number of aromatic carboxylic acids is 1. The number of aromatic amines is 1. The summed E-state index contributed by atoms with van der Waals surface area (Å²) in [4.78, 5) is 21.2. The molecule has 2 aromatic rings. The summed E-state index contributed by atoms with van der Waals surface area (Å²) in [6.07, 6.45) is 1.99. The molecule has 15 heavy (non-hydrogen) atoms. The molecule has 6 heteroatoms. The Labute approximate surface area is 83.9 Å². The zero-order valence-electron chi connectivity index (χ0n) is 7.52. The first-order valence-electron chi connectivity index (χ1n) is 4.13. The first-order chi connectivity index (χ1) is 7.22. The van der Waals surface area contributed by atoms with Gasteiger partial charge in [-0.05, 0) is 12.1 Å². The topological polar surface area (TPSA) is 95.1 Å². The van der Waals surface area contributed by atoms with E-state index in [2.05, 4.69) is 15.5 Å². The van der Waals surface area contributed by atoms with Crippen LogP contribution in [-0.2, 0) is 4.79 Å². The van der Waals surface area contributed by atoms with Crippen molar-refractivity contribution in [1.29, 1.82) is 0 Å². The number of nitrogens with one attached hydrogen (secondary N) is 2. The second kappa shape index (κ2) is 3.41. The Bertz CT molecular complexity index is 532. The molecule has 3 N–H and O–H groups in total. The minimum atomic E-state index is -1.07. The molecule has 0 fully saturated rings. The van der Waals surface area contributed by atoms with E-state index in [1.54, 1.807) is 6.07 Å². The molecule has 1 amide bonds. The highest BCUT2D eigenvalue weighted by Gasteiger charge is 2.11. The third-order valence-corrected chi connectivity index (χ3v) is 2.00. The van der Waals surface area contributed by atoms with E-state index in [0.717, 1.165) is 0 Å². The maximum atomic E-state index is 10.9. The zero-order chi connectivity index (χ0) is 10.8. The lowest BCUT2D eigenvalue weighted by molar-refractivity contribution is -0.105. The molecular weight excluding hydrogens is 198 g/mol. The van der Waals surface area contributed by atoms with Crippen LogP contribution in [-0.4, -0.2) is 27.7 Å². The van der Waals surface area contributed by atoms with Crippen molar-refractivity contribution < 1.29 is 14.7 Å². The SMILES string of the molecule is O=CNc1cc(C(=O)O)c2[nH]ncc2c1. The first-order valence-corrected chi connectivity index (χ1v) is 4.13. The molecule has 0 saturated heterocycles. The number of nitrogens with zero attached hydrogens (tertiary/aromatic N) is 1. The molecule has 0 aliphatic heterocycles. The lowest BCUT2D eigenvalue weighted by Gasteiger charge is -2.01. The summed E-state index contributed by atoms with van der Waals surface area (Å²) in [6.45, 7) is 0. The van der Waals surface area contributed by atoms with Crippen molar-refractivity contribution in [3.05, 3.63) is 23.9 Å². The van der Waals surface area contributed by atoms with E-state index in [-0.39, 0.29) is 5.56 Å². The van der Waals surface area contributed by atoms with Gasteiger partial charge < -0.3 is 10.4 Å². The number of fused-ring (bicyclic) bond motifs is 1. The number of carboxylic acid groups (broad SMARTS) is 1. The quantitative estimate of drug-likeness (QED) is 0.646. The number of anilines is 1. The molecular formula is C9H7N3O3. The third kappa shape index (κ3) is 1.52. The van der Waals surface area contributed by atoms with Crippen molar-refractivity contribution >= 4 is 29.0 Å². The van der Waals surface area contributed by atoms with Crippen LogP contribution in [0.5, 0.6) is 0 Å². The molecule has 6 nitrogen and oxygen atoms in total. The second-order valence-electron chi connectivity index (χ2n) is 2.93.